The molecule has 0 aromatic carbocycles. The highest BCUT2D eigenvalue weighted by Crippen LogP contribution is 2.21. The Morgan fingerprint density at radius 2 is 2.12 bits per heavy atom. The predicted molar refractivity (Wildman–Crippen MR) is 92.2 cm³/mol. The zero-order valence-corrected chi connectivity index (χ0v) is 13.9. The van der Waals surface area contributed by atoms with Gasteiger partial charge in [0.25, 0.3) is 5.91 Å². The number of carbonyl (C=O) groups is 1. The number of aromatic nitrogens is 4. The number of rotatable bonds is 2. The number of fused-ring (bicyclic) bond motifs is 1. The third kappa shape index (κ3) is 2.77. The van der Waals surface area contributed by atoms with Crippen LogP contribution in [0, 0.1) is 0 Å². The highest BCUT2D eigenvalue weighted by atomic mass is 16.3. The van der Waals surface area contributed by atoms with Gasteiger partial charge in [0.2, 0.25) is 5.95 Å². The molecule has 2 N–H and O–H groups in total. The molecule has 1 aliphatic rings. The topological polar surface area (TPSA) is 106 Å². The summed E-state index contributed by atoms with van der Waals surface area (Å²) in [6.07, 6.45) is 5.49. The zero-order valence-electron chi connectivity index (χ0n) is 13.9. The molecule has 9 nitrogen and oxygen atoms in total. The quantitative estimate of drug-likeness (QED) is 0.738. The van der Waals surface area contributed by atoms with E-state index in [9.17, 15) is 4.79 Å². The van der Waals surface area contributed by atoms with Gasteiger partial charge in [0.1, 0.15) is 12.1 Å². The van der Waals surface area contributed by atoms with Gasteiger partial charge in [0.05, 0.1) is 23.4 Å². The summed E-state index contributed by atoms with van der Waals surface area (Å²) in [7, 11) is 1.83. The largest absolute Gasteiger partial charge is 0.472 e. The van der Waals surface area contributed by atoms with Gasteiger partial charge in [0, 0.05) is 33.2 Å². The number of aryl methyl sites for hydroxylation is 1. The maximum atomic E-state index is 12.5. The van der Waals surface area contributed by atoms with Crippen molar-refractivity contribution in [1.29, 1.82) is 0 Å². The van der Waals surface area contributed by atoms with Gasteiger partial charge in [-0.25, -0.2) is 0 Å². The lowest BCUT2D eigenvalue weighted by Gasteiger charge is -2.22. The van der Waals surface area contributed by atoms with Crippen molar-refractivity contribution in [1.82, 2.24) is 24.6 Å². The van der Waals surface area contributed by atoms with Crippen LogP contribution in [0.5, 0.6) is 0 Å². The van der Waals surface area contributed by atoms with Crippen LogP contribution in [0.1, 0.15) is 16.8 Å². The Balaban J connectivity index is 1.55. The average Bonchev–Trinajstić information content (AvgIpc) is 3.19. The van der Waals surface area contributed by atoms with Crippen molar-refractivity contribution >= 4 is 28.7 Å². The van der Waals surface area contributed by atoms with Crippen molar-refractivity contribution in [3.05, 3.63) is 30.4 Å². The van der Waals surface area contributed by atoms with Crippen LogP contribution < -0.4 is 10.6 Å². The molecular formula is C16H19N7O2. The summed E-state index contributed by atoms with van der Waals surface area (Å²) in [6.45, 7) is 2.69. The fourth-order valence-electron chi connectivity index (χ4n) is 3.06. The molecule has 1 saturated heterocycles. The Labute approximate surface area is 144 Å². The minimum absolute atomic E-state index is 0.0156. The summed E-state index contributed by atoms with van der Waals surface area (Å²) in [6, 6.07) is 1.69. The summed E-state index contributed by atoms with van der Waals surface area (Å²) in [5, 5.41) is 4.93. The molecule has 0 bridgehead atoms. The van der Waals surface area contributed by atoms with Crippen LogP contribution in [0.3, 0.4) is 0 Å². The molecule has 0 aliphatic carbocycles. The molecular weight excluding hydrogens is 322 g/mol. The molecule has 0 unspecified atom stereocenters. The molecule has 4 rings (SSSR count). The van der Waals surface area contributed by atoms with Crippen LogP contribution in [0.15, 0.2) is 29.2 Å². The molecule has 0 atom stereocenters. The highest BCUT2D eigenvalue weighted by Gasteiger charge is 2.23. The molecule has 130 valence electrons. The third-order valence-corrected chi connectivity index (χ3v) is 4.44. The Bertz CT molecular complexity index is 903. The van der Waals surface area contributed by atoms with Crippen molar-refractivity contribution in [2.24, 2.45) is 7.05 Å². The van der Waals surface area contributed by atoms with Gasteiger partial charge in [-0.1, -0.05) is 0 Å². The number of hydrogen-bond donors (Lipinski definition) is 1. The number of carbonyl (C=O) groups excluding carboxylic acids is 1. The fourth-order valence-corrected chi connectivity index (χ4v) is 3.06. The van der Waals surface area contributed by atoms with Gasteiger partial charge in [-0.15, -0.1) is 0 Å². The lowest BCUT2D eigenvalue weighted by atomic mass is 10.3. The van der Waals surface area contributed by atoms with Gasteiger partial charge >= 0.3 is 0 Å². The molecule has 3 aromatic rings. The van der Waals surface area contributed by atoms with E-state index < -0.39 is 0 Å². The molecule has 1 fully saturated rings. The van der Waals surface area contributed by atoms with Crippen molar-refractivity contribution in [3.63, 3.8) is 0 Å². The Hall–Kier alpha value is -3.10. The van der Waals surface area contributed by atoms with Crippen molar-refractivity contribution in [2.45, 2.75) is 6.42 Å². The van der Waals surface area contributed by atoms with Gasteiger partial charge in [-0.3, -0.25) is 9.48 Å². The normalized spacial score (nSPS) is 15.6. The van der Waals surface area contributed by atoms with E-state index in [1.807, 2.05) is 11.9 Å². The third-order valence-electron chi connectivity index (χ3n) is 4.44. The zero-order chi connectivity index (χ0) is 17.4. The van der Waals surface area contributed by atoms with Crippen LogP contribution in [0.4, 0.5) is 11.8 Å². The minimum atomic E-state index is -0.0156. The van der Waals surface area contributed by atoms with E-state index >= 15 is 0 Å². The van der Waals surface area contributed by atoms with Crippen LogP contribution in [0.2, 0.25) is 0 Å². The molecule has 3 aromatic heterocycles. The first kappa shape index (κ1) is 15.4. The summed E-state index contributed by atoms with van der Waals surface area (Å²) in [5.74, 6) is 0.980. The lowest BCUT2D eigenvalue weighted by molar-refractivity contribution is 0.0766. The van der Waals surface area contributed by atoms with Gasteiger partial charge in [0.15, 0.2) is 5.65 Å². The second-order valence-electron chi connectivity index (χ2n) is 6.06. The Kier molecular flexibility index (Phi) is 3.75. The molecule has 1 aliphatic heterocycles. The molecule has 0 saturated carbocycles. The number of nitrogen functional groups attached to an aromatic ring is 1. The maximum absolute atomic E-state index is 12.5. The van der Waals surface area contributed by atoms with Crippen LogP contribution in [-0.4, -0.2) is 56.7 Å². The standard InChI is InChI=1S/C16H19N7O2/c1-21-14-12(9-18-21)13(17)19-16(20-14)23-5-2-4-22(6-7-23)15(24)11-3-8-25-10-11/h3,8-10H,2,4-7H2,1H3,(H2,17,19,20). The second-order valence-corrected chi connectivity index (χ2v) is 6.06. The van der Waals surface area contributed by atoms with Gasteiger partial charge in [-0.05, 0) is 12.5 Å². The van der Waals surface area contributed by atoms with E-state index in [1.165, 1.54) is 12.5 Å². The number of amides is 1. The molecule has 9 heteroatoms. The van der Waals surface area contributed by atoms with Crippen molar-refractivity contribution < 1.29 is 9.21 Å². The summed E-state index contributed by atoms with van der Waals surface area (Å²) >= 11 is 0. The van der Waals surface area contributed by atoms with E-state index in [1.54, 1.807) is 16.9 Å². The number of nitrogens with zero attached hydrogens (tertiary/aromatic N) is 6. The van der Waals surface area contributed by atoms with Crippen LogP contribution >= 0.6 is 0 Å². The number of hydrogen-bond acceptors (Lipinski definition) is 7. The van der Waals surface area contributed by atoms with E-state index in [0.29, 0.717) is 42.6 Å². The molecule has 4 heterocycles. The smallest absolute Gasteiger partial charge is 0.257 e. The molecule has 0 spiro atoms. The highest BCUT2D eigenvalue weighted by molar-refractivity contribution is 5.93. The first-order valence-corrected chi connectivity index (χ1v) is 8.15. The number of anilines is 2. The SMILES string of the molecule is Cn1ncc2c(N)nc(N3CCCN(C(=O)c4ccoc4)CC3)nc21. The summed E-state index contributed by atoms with van der Waals surface area (Å²) in [5.41, 5.74) is 7.33. The van der Waals surface area contributed by atoms with Gasteiger partial charge in [-0.2, -0.15) is 15.1 Å². The van der Waals surface area contributed by atoms with Crippen molar-refractivity contribution in [3.8, 4) is 0 Å². The summed E-state index contributed by atoms with van der Waals surface area (Å²) < 4.78 is 6.69. The van der Waals surface area contributed by atoms with E-state index in [4.69, 9.17) is 10.2 Å². The minimum Gasteiger partial charge on any atom is -0.472 e. The number of nitrogens with two attached hydrogens (primary N) is 1. The van der Waals surface area contributed by atoms with Crippen LogP contribution in [-0.2, 0) is 7.05 Å². The van der Waals surface area contributed by atoms with Crippen molar-refractivity contribution in [2.75, 3.05) is 36.8 Å². The van der Waals surface area contributed by atoms with Crippen LogP contribution in [0.25, 0.3) is 11.0 Å². The second kappa shape index (κ2) is 6.08. The Morgan fingerprint density at radius 3 is 2.92 bits per heavy atom. The molecule has 25 heavy (non-hydrogen) atoms. The van der Waals surface area contributed by atoms with E-state index in [2.05, 4.69) is 20.0 Å². The lowest BCUT2D eigenvalue weighted by Crippen LogP contribution is -2.35. The molecule has 1 amide bonds. The first-order valence-electron chi connectivity index (χ1n) is 8.15. The average molecular weight is 341 g/mol. The number of furan rings is 1. The maximum Gasteiger partial charge on any atom is 0.257 e. The van der Waals surface area contributed by atoms with Gasteiger partial charge < -0.3 is 20.0 Å². The fraction of sp³-hybridized carbons (Fsp3) is 0.375. The predicted octanol–water partition coefficient (Wildman–Crippen LogP) is 0.891. The molecule has 0 radical (unpaired) electrons. The monoisotopic (exact) mass is 341 g/mol. The Morgan fingerprint density at radius 1 is 1.24 bits per heavy atom. The van der Waals surface area contributed by atoms with E-state index in [0.717, 1.165) is 18.4 Å². The van der Waals surface area contributed by atoms with E-state index in [-0.39, 0.29) is 5.91 Å². The first-order chi connectivity index (χ1) is 12.1. The summed E-state index contributed by atoms with van der Waals surface area (Å²) in [4.78, 5) is 25.4.